The van der Waals surface area contributed by atoms with Crippen LogP contribution in [0.4, 0.5) is 5.69 Å². The molecule has 0 bridgehead atoms. The Bertz CT molecular complexity index is 620. The van der Waals surface area contributed by atoms with E-state index in [9.17, 15) is 9.59 Å². The van der Waals surface area contributed by atoms with Gasteiger partial charge in [-0.15, -0.1) is 0 Å². The monoisotopic (exact) mass is 286 g/mol. The lowest BCUT2D eigenvalue weighted by atomic mass is 10.1. The molecule has 0 aliphatic heterocycles. The molecule has 0 saturated heterocycles. The van der Waals surface area contributed by atoms with E-state index in [0.29, 0.717) is 17.8 Å². The average Bonchev–Trinajstić information content (AvgIpc) is 2.91. The Balaban J connectivity index is 1.89. The Morgan fingerprint density at radius 2 is 2.05 bits per heavy atom. The minimum atomic E-state index is -0.134. The van der Waals surface area contributed by atoms with Crippen molar-refractivity contribution >= 4 is 17.4 Å². The molecule has 1 amide bonds. The van der Waals surface area contributed by atoms with Gasteiger partial charge < -0.3 is 9.73 Å². The first kappa shape index (κ1) is 15.0. The summed E-state index contributed by atoms with van der Waals surface area (Å²) in [7, 11) is 1.84. The number of likely N-dealkylation sites (N-methyl/N-ethyl adjacent to an activating group) is 1. The lowest BCUT2D eigenvalue weighted by Crippen LogP contribution is -2.29. The van der Waals surface area contributed by atoms with Crippen LogP contribution in [0.5, 0.6) is 0 Å². The van der Waals surface area contributed by atoms with E-state index in [0.717, 1.165) is 5.76 Å². The smallest absolute Gasteiger partial charge is 0.238 e. The average molecular weight is 286 g/mol. The van der Waals surface area contributed by atoms with Gasteiger partial charge in [0.2, 0.25) is 5.91 Å². The minimum absolute atomic E-state index is 0.0268. The van der Waals surface area contributed by atoms with Gasteiger partial charge in [-0.3, -0.25) is 14.5 Å². The number of hydrogen-bond donors (Lipinski definition) is 1. The Kier molecular flexibility index (Phi) is 4.90. The Labute approximate surface area is 123 Å². The summed E-state index contributed by atoms with van der Waals surface area (Å²) in [5.74, 6) is 0.648. The first-order valence-corrected chi connectivity index (χ1v) is 6.66. The molecule has 1 aromatic carbocycles. The predicted molar refractivity (Wildman–Crippen MR) is 80.1 cm³/mol. The minimum Gasteiger partial charge on any atom is -0.468 e. The number of carbonyl (C=O) groups excluding carboxylic acids is 2. The van der Waals surface area contributed by atoms with Crippen LogP contribution < -0.4 is 5.32 Å². The van der Waals surface area contributed by atoms with E-state index in [2.05, 4.69) is 5.32 Å². The number of furan rings is 1. The molecule has 0 saturated carbocycles. The number of hydrogen-bond acceptors (Lipinski definition) is 4. The lowest BCUT2D eigenvalue weighted by Gasteiger charge is -2.15. The summed E-state index contributed by atoms with van der Waals surface area (Å²) in [6, 6.07) is 10.6. The summed E-state index contributed by atoms with van der Waals surface area (Å²) in [5, 5.41) is 2.78. The van der Waals surface area contributed by atoms with Crippen molar-refractivity contribution in [2.45, 2.75) is 13.5 Å². The zero-order valence-electron chi connectivity index (χ0n) is 12.1. The maximum absolute atomic E-state index is 12.0. The van der Waals surface area contributed by atoms with Crippen LogP contribution in [0.15, 0.2) is 47.1 Å². The SMILES string of the molecule is CC(=O)c1cccc(NC(=O)CN(C)Cc2ccco2)c1. The van der Waals surface area contributed by atoms with Crippen LogP contribution in [0, 0.1) is 0 Å². The number of carbonyl (C=O) groups is 2. The largest absolute Gasteiger partial charge is 0.468 e. The lowest BCUT2D eigenvalue weighted by molar-refractivity contribution is -0.117. The Morgan fingerprint density at radius 1 is 1.24 bits per heavy atom. The fourth-order valence-electron chi connectivity index (χ4n) is 1.99. The van der Waals surface area contributed by atoms with Gasteiger partial charge in [0, 0.05) is 11.3 Å². The highest BCUT2D eigenvalue weighted by atomic mass is 16.3. The molecule has 2 rings (SSSR count). The molecule has 5 heteroatoms. The van der Waals surface area contributed by atoms with Gasteiger partial charge in [0.05, 0.1) is 19.4 Å². The van der Waals surface area contributed by atoms with Gasteiger partial charge in [-0.2, -0.15) is 0 Å². The summed E-state index contributed by atoms with van der Waals surface area (Å²) >= 11 is 0. The Morgan fingerprint density at radius 3 is 2.71 bits per heavy atom. The van der Waals surface area contributed by atoms with Gasteiger partial charge in [-0.05, 0) is 38.2 Å². The number of nitrogens with zero attached hydrogens (tertiary/aromatic N) is 1. The Hall–Kier alpha value is -2.40. The number of amides is 1. The van der Waals surface area contributed by atoms with Crippen molar-refractivity contribution in [2.24, 2.45) is 0 Å². The molecule has 110 valence electrons. The highest BCUT2D eigenvalue weighted by molar-refractivity contribution is 5.97. The maximum Gasteiger partial charge on any atom is 0.238 e. The second-order valence-corrected chi connectivity index (χ2v) is 4.94. The quantitative estimate of drug-likeness (QED) is 0.829. The maximum atomic E-state index is 12.0. The van der Waals surface area contributed by atoms with Gasteiger partial charge in [-0.25, -0.2) is 0 Å². The predicted octanol–water partition coefficient (Wildman–Crippen LogP) is 2.55. The van der Waals surface area contributed by atoms with Crippen molar-refractivity contribution < 1.29 is 14.0 Å². The summed E-state index contributed by atoms with van der Waals surface area (Å²) in [6.07, 6.45) is 1.61. The first-order valence-electron chi connectivity index (χ1n) is 6.66. The third-order valence-corrected chi connectivity index (χ3v) is 2.97. The summed E-state index contributed by atoms with van der Waals surface area (Å²) in [4.78, 5) is 25.1. The third-order valence-electron chi connectivity index (χ3n) is 2.97. The molecule has 5 nitrogen and oxygen atoms in total. The molecule has 1 aromatic heterocycles. The number of benzene rings is 1. The van der Waals surface area contributed by atoms with E-state index in [1.807, 2.05) is 24.1 Å². The molecule has 0 aliphatic carbocycles. The second kappa shape index (κ2) is 6.85. The van der Waals surface area contributed by atoms with Crippen LogP contribution in [0.3, 0.4) is 0 Å². The molecule has 0 fully saturated rings. The fraction of sp³-hybridized carbons (Fsp3) is 0.250. The van der Waals surface area contributed by atoms with Crippen LogP contribution in [0.25, 0.3) is 0 Å². The molecule has 1 heterocycles. The zero-order valence-corrected chi connectivity index (χ0v) is 12.1. The molecular formula is C16H18N2O3. The van der Waals surface area contributed by atoms with Crippen LogP contribution in [0.1, 0.15) is 23.0 Å². The molecule has 21 heavy (non-hydrogen) atoms. The number of rotatable bonds is 6. The van der Waals surface area contributed by atoms with E-state index in [-0.39, 0.29) is 18.2 Å². The van der Waals surface area contributed by atoms with Gasteiger partial charge in [0.15, 0.2) is 5.78 Å². The highest BCUT2D eigenvalue weighted by Crippen LogP contribution is 2.11. The van der Waals surface area contributed by atoms with Crippen molar-refractivity contribution in [2.75, 3.05) is 18.9 Å². The van der Waals surface area contributed by atoms with E-state index in [1.165, 1.54) is 6.92 Å². The molecule has 2 aromatic rings. The summed E-state index contributed by atoms with van der Waals surface area (Å²) in [5.41, 5.74) is 1.20. The number of ketones is 1. The number of Topliss-reactive ketones (excluding diaryl/α,β-unsaturated/α-hetero) is 1. The van der Waals surface area contributed by atoms with E-state index >= 15 is 0 Å². The second-order valence-electron chi connectivity index (χ2n) is 4.94. The van der Waals surface area contributed by atoms with E-state index < -0.39 is 0 Å². The van der Waals surface area contributed by atoms with Crippen molar-refractivity contribution in [1.29, 1.82) is 0 Å². The van der Waals surface area contributed by atoms with Crippen LogP contribution in [-0.4, -0.2) is 30.2 Å². The van der Waals surface area contributed by atoms with E-state index in [4.69, 9.17) is 4.42 Å². The molecular weight excluding hydrogens is 268 g/mol. The molecule has 0 radical (unpaired) electrons. The van der Waals surface area contributed by atoms with Gasteiger partial charge in [-0.1, -0.05) is 12.1 Å². The molecule has 0 aliphatic rings. The van der Waals surface area contributed by atoms with Crippen molar-refractivity contribution in [3.05, 3.63) is 54.0 Å². The molecule has 1 N–H and O–H groups in total. The standard InChI is InChI=1S/C16H18N2O3/c1-12(19)13-5-3-6-14(9-13)17-16(20)11-18(2)10-15-7-4-8-21-15/h3-9H,10-11H2,1-2H3,(H,17,20). The number of nitrogens with one attached hydrogen (secondary N) is 1. The molecule has 0 atom stereocenters. The third kappa shape index (κ3) is 4.57. The van der Waals surface area contributed by atoms with Crippen LogP contribution in [0.2, 0.25) is 0 Å². The van der Waals surface area contributed by atoms with Crippen LogP contribution in [-0.2, 0) is 11.3 Å². The van der Waals surface area contributed by atoms with Gasteiger partial charge >= 0.3 is 0 Å². The molecule has 0 spiro atoms. The van der Waals surface area contributed by atoms with Gasteiger partial charge in [0.25, 0.3) is 0 Å². The summed E-state index contributed by atoms with van der Waals surface area (Å²) < 4.78 is 5.24. The molecule has 0 unspecified atom stereocenters. The van der Waals surface area contributed by atoms with Crippen LogP contribution >= 0.6 is 0 Å². The topological polar surface area (TPSA) is 62.6 Å². The normalized spacial score (nSPS) is 10.6. The summed E-state index contributed by atoms with van der Waals surface area (Å²) in [6.45, 7) is 2.30. The van der Waals surface area contributed by atoms with E-state index in [1.54, 1.807) is 30.5 Å². The van der Waals surface area contributed by atoms with Gasteiger partial charge in [0.1, 0.15) is 5.76 Å². The van der Waals surface area contributed by atoms with Crippen molar-refractivity contribution in [3.63, 3.8) is 0 Å². The fourth-order valence-corrected chi connectivity index (χ4v) is 1.99. The van der Waals surface area contributed by atoms with Crippen molar-refractivity contribution in [3.8, 4) is 0 Å². The highest BCUT2D eigenvalue weighted by Gasteiger charge is 2.09. The first-order chi connectivity index (χ1) is 10.0. The zero-order chi connectivity index (χ0) is 15.2. The number of anilines is 1. The van der Waals surface area contributed by atoms with Crippen molar-refractivity contribution in [1.82, 2.24) is 4.90 Å².